The third-order valence-corrected chi connectivity index (χ3v) is 4.00. The first-order valence-electron chi connectivity index (χ1n) is 7.92. The maximum atomic E-state index is 12.3. The number of anilines is 2. The Labute approximate surface area is 160 Å². The zero-order valence-corrected chi connectivity index (χ0v) is 15.7. The Balaban J connectivity index is 2.07. The molecule has 0 radical (unpaired) electrons. The van der Waals surface area contributed by atoms with Crippen LogP contribution in [0, 0.1) is 10.1 Å². The van der Waals surface area contributed by atoms with Gasteiger partial charge in [-0.05, 0) is 31.2 Å². The predicted octanol–water partition coefficient (Wildman–Crippen LogP) is 3.50. The predicted molar refractivity (Wildman–Crippen MR) is 102 cm³/mol. The summed E-state index contributed by atoms with van der Waals surface area (Å²) >= 11 is 5.95. The zero-order valence-electron chi connectivity index (χ0n) is 14.9. The first-order valence-corrected chi connectivity index (χ1v) is 8.30. The van der Waals surface area contributed by atoms with Crippen LogP contribution in [0.25, 0.3) is 0 Å². The molecule has 0 fully saturated rings. The molecule has 142 valence electrons. The lowest BCUT2D eigenvalue weighted by atomic mass is 10.2. The number of nitrogens with one attached hydrogen (secondary N) is 1. The van der Waals surface area contributed by atoms with Gasteiger partial charge in [-0.25, -0.2) is 4.79 Å². The number of carbonyl (C=O) groups excluding carboxylic acids is 2. The van der Waals surface area contributed by atoms with Gasteiger partial charge in [-0.2, -0.15) is 0 Å². The molecular formula is C18H18ClN3O5. The number of ether oxygens (including phenoxy) is 1. The van der Waals surface area contributed by atoms with E-state index in [1.54, 1.807) is 18.2 Å². The van der Waals surface area contributed by atoms with Gasteiger partial charge in [0.05, 0.1) is 21.2 Å². The topological polar surface area (TPSA) is 102 Å². The number of halogens is 1. The van der Waals surface area contributed by atoms with Crippen LogP contribution in [0.1, 0.15) is 17.3 Å². The quantitative estimate of drug-likeness (QED) is 0.459. The molecule has 0 bridgehead atoms. The molecule has 0 aliphatic rings. The van der Waals surface area contributed by atoms with Crippen LogP contribution >= 0.6 is 11.6 Å². The van der Waals surface area contributed by atoms with Crippen molar-refractivity contribution < 1.29 is 19.2 Å². The van der Waals surface area contributed by atoms with Crippen LogP contribution in [-0.4, -0.2) is 37.0 Å². The molecule has 2 aromatic rings. The van der Waals surface area contributed by atoms with E-state index in [0.29, 0.717) is 5.56 Å². The van der Waals surface area contributed by atoms with Crippen LogP contribution in [0.4, 0.5) is 17.1 Å². The Morgan fingerprint density at radius 1 is 1.22 bits per heavy atom. The number of non-ortho nitro benzene ring substituents is 1. The summed E-state index contributed by atoms with van der Waals surface area (Å²) in [4.78, 5) is 36.6. The summed E-state index contributed by atoms with van der Waals surface area (Å²) in [5.74, 6) is -1.32. The number of rotatable bonds is 6. The average Bonchev–Trinajstić information content (AvgIpc) is 2.63. The van der Waals surface area contributed by atoms with Crippen molar-refractivity contribution in [2.24, 2.45) is 0 Å². The molecule has 0 aromatic heterocycles. The van der Waals surface area contributed by atoms with Crippen LogP contribution in [0.15, 0.2) is 42.5 Å². The number of esters is 1. The summed E-state index contributed by atoms with van der Waals surface area (Å²) in [5.41, 5.74) is 0.951. The maximum Gasteiger partial charge on any atom is 0.338 e. The maximum absolute atomic E-state index is 12.3. The molecular weight excluding hydrogens is 374 g/mol. The molecule has 1 atom stereocenters. The van der Waals surface area contributed by atoms with Crippen LogP contribution in [0.3, 0.4) is 0 Å². The van der Waals surface area contributed by atoms with E-state index in [9.17, 15) is 19.7 Å². The Hall–Kier alpha value is -3.13. The van der Waals surface area contributed by atoms with Crippen molar-refractivity contribution in [3.63, 3.8) is 0 Å². The Morgan fingerprint density at radius 3 is 2.56 bits per heavy atom. The number of hydrogen-bond donors (Lipinski definition) is 1. The van der Waals surface area contributed by atoms with Gasteiger partial charge < -0.3 is 15.0 Å². The Morgan fingerprint density at radius 2 is 1.93 bits per heavy atom. The molecule has 0 heterocycles. The van der Waals surface area contributed by atoms with E-state index in [1.807, 2.05) is 25.1 Å². The van der Waals surface area contributed by atoms with Gasteiger partial charge in [-0.1, -0.05) is 17.7 Å². The molecule has 0 aliphatic heterocycles. The van der Waals surface area contributed by atoms with Gasteiger partial charge in [0.15, 0.2) is 6.10 Å². The van der Waals surface area contributed by atoms with Gasteiger partial charge in [0, 0.05) is 31.9 Å². The molecule has 8 nitrogen and oxygen atoms in total. The van der Waals surface area contributed by atoms with Crippen LogP contribution < -0.4 is 10.2 Å². The minimum absolute atomic E-state index is 0.0633. The highest BCUT2D eigenvalue weighted by molar-refractivity contribution is 6.33. The van der Waals surface area contributed by atoms with Crippen molar-refractivity contribution >= 4 is 40.5 Å². The fourth-order valence-corrected chi connectivity index (χ4v) is 2.31. The summed E-state index contributed by atoms with van der Waals surface area (Å²) in [6.45, 7) is 1.40. The molecule has 1 unspecified atom stereocenters. The monoisotopic (exact) mass is 391 g/mol. The van der Waals surface area contributed by atoms with Crippen LogP contribution in [0.2, 0.25) is 5.02 Å². The summed E-state index contributed by atoms with van der Waals surface area (Å²) < 4.78 is 5.18. The van der Waals surface area contributed by atoms with Crippen molar-refractivity contribution in [3.05, 3.63) is 63.2 Å². The van der Waals surface area contributed by atoms with E-state index >= 15 is 0 Å². The lowest BCUT2D eigenvalue weighted by molar-refractivity contribution is -0.384. The largest absolute Gasteiger partial charge is 0.449 e. The molecule has 0 aliphatic carbocycles. The summed E-state index contributed by atoms with van der Waals surface area (Å²) in [6, 6.07) is 10.4. The normalized spacial score (nSPS) is 11.4. The number of nitrogens with zero attached hydrogens (tertiary/aromatic N) is 2. The molecule has 1 amide bonds. The van der Waals surface area contributed by atoms with Gasteiger partial charge in [0.2, 0.25) is 0 Å². The molecule has 1 N–H and O–H groups in total. The first kappa shape index (κ1) is 20.2. The SMILES string of the molecule is CC(OC(=O)c1cccc(N(C)C)c1)C(=O)Nc1cc([N+](=O)[O-])ccc1Cl. The Bertz CT molecular complexity index is 885. The summed E-state index contributed by atoms with van der Waals surface area (Å²) in [7, 11) is 3.67. The average molecular weight is 392 g/mol. The first-order chi connectivity index (χ1) is 12.7. The van der Waals surface area contributed by atoms with Crippen molar-refractivity contribution in [2.45, 2.75) is 13.0 Å². The highest BCUT2D eigenvalue weighted by Crippen LogP contribution is 2.27. The minimum atomic E-state index is -1.13. The number of nitro benzene ring substituents is 1. The lowest BCUT2D eigenvalue weighted by Gasteiger charge is -2.16. The number of benzene rings is 2. The van der Waals surface area contributed by atoms with E-state index in [2.05, 4.69) is 5.32 Å². The van der Waals surface area contributed by atoms with Gasteiger partial charge in [0.25, 0.3) is 11.6 Å². The Kier molecular flexibility index (Phi) is 6.36. The molecule has 0 saturated carbocycles. The second kappa shape index (κ2) is 8.50. The van der Waals surface area contributed by atoms with Crippen molar-refractivity contribution in [1.82, 2.24) is 0 Å². The second-order valence-corrected chi connectivity index (χ2v) is 6.31. The third kappa shape index (κ3) is 5.18. The van der Waals surface area contributed by atoms with Gasteiger partial charge in [-0.15, -0.1) is 0 Å². The zero-order chi connectivity index (χ0) is 20.1. The van der Waals surface area contributed by atoms with Crippen molar-refractivity contribution in [1.29, 1.82) is 0 Å². The highest BCUT2D eigenvalue weighted by atomic mass is 35.5. The number of amides is 1. The van der Waals surface area contributed by atoms with E-state index in [-0.39, 0.29) is 16.4 Å². The van der Waals surface area contributed by atoms with E-state index < -0.39 is 22.9 Å². The standard InChI is InChI=1S/C18H18ClN3O5/c1-11(27-18(24)12-5-4-6-13(9-12)21(2)3)17(23)20-16-10-14(22(25)26)7-8-15(16)19/h4-11H,1-3H3,(H,20,23). The molecule has 2 rings (SSSR count). The number of nitro groups is 1. The lowest BCUT2D eigenvalue weighted by Crippen LogP contribution is -2.30. The van der Waals surface area contributed by atoms with Crippen LogP contribution in [0.5, 0.6) is 0 Å². The summed E-state index contributed by atoms with van der Waals surface area (Å²) in [5, 5.41) is 13.4. The highest BCUT2D eigenvalue weighted by Gasteiger charge is 2.21. The smallest absolute Gasteiger partial charge is 0.338 e. The van der Waals surface area contributed by atoms with Gasteiger partial charge in [-0.3, -0.25) is 14.9 Å². The van der Waals surface area contributed by atoms with Crippen molar-refractivity contribution in [3.8, 4) is 0 Å². The van der Waals surface area contributed by atoms with E-state index in [4.69, 9.17) is 16.3 Å². The number of hydrogen-bond acceptors (Lipinski definition) is 6. The molecule has 9 heteroatoms. The van der Waals surface area contributed by atoms with E-state index in [1.165, 1.54) is 19.1 Å². The fraction of sp³-hybridized carbons (Fsp3) is 0.222. The van der Waals surface area contributed by atoms with Gasteiger partial charge >= 0.3 is 5.97 Å². The second-order valence-electron chi connectivity index (χ2n) is 5.90. The molecule has 27 heavy (non-hydrogen) atoms. The molecule has 0 saturated heterocycles. The van der Waals surface area contributed by atoms with Crippen molar-refractivity contribution in [2.75, 3.05) is 24.3 Å². The van der Waals surface area contributed by atoms with Crippen LogP contribution in [-0.2, 0) is 9.53 Å². The van der Waals surface area contributed by atoms with Gasteiger partial charge in [0.1, 0.15) is 0 Å². The molecule has 0 spiro atoms. The summed E-state index contributed by atoms with van der Waals surface area (Å²) in [6.07, 6.45) is -1.13. The molecule has 2 aromatic carbocycles. The third-order valence-electron chi connectivity index (χ3n) is 3.67. The van der Waals surface area contributed by atoms with E-state index in [0.717, 1.165) is 11.8 Å². The number of carbonyl (C=O) groups is 2. The fourth-order valence-electron chi connectivity index (χ4n) is 2.15. The minimum Gasteiger partial charge on any atom is -0.449 e.